The van der Waals surface area contributed by atoms with Crippen molar-refractivity contribution in [3.63, 3.8) is 0 Å². The van der Waals surface area contributed by atoms with E-state index in [0.29, 0.717) is 11.6 Å². The van der Waals surface area contributed by atoms with Gasteiger partial charge in [-0.15, -0.1) is 11.3 Å². The third-order valence-electron chi connectivity index (χ3n) is 5.39. The van der Waals surface area contributed by atoms with E-state index in [1.165, 1.54) is 0 Å². The van der Waals surface area contributed by atoms with Crippen molar-refractivity contribution in [1.82, 2.24) is 14.9 Å². The number of aliphatic carboxylic acids is 2. The molecule has 4 rings (SSSR count). The Hall–Kier alpha value is -3.31. The number of hydrogen-bond donors (Lipinski definition) is 3. The maximum atomic E-state index is 12.4. The summed E-state index contributed by atoms with van der Waals surface area (Å²) in [5.74, 6) is -5.11. The molecule has 2 aromatic rings. The lowest BCUT2D eigenvalue weighted by atomic mass is 9.91. The fourth-order valence-corrected chi connectivity index (χ4v) is 4.28. The number of alkyl halides is 6. The minimum Gasteiger partial charge on any atom is -0.475 e. The number of fused-ring (bicyclic) bond motifs is 1. The molecule has 0 unspecified atom stereocenters. The Kier molecular flexibility index (Phi) is 11.2. The summed E-state index contributed by atoms with van der Waals surface area (Å²) in [7, 11) is 0. The summed E-state index contributed by atoms with van der Waals surface area (Å²) in [5, 5.41) is 20.4. The number of carbonyl (C=O) groups excluding carboxylic acids is 1. The Morgan fingerprint density at radius 2 is 1.77 bits per heavy atom. The number of nitrogens with one attached hydrogen (secondary N) is 1. The van der Waals surface area contributed by atoms with Gasteiger partial charge in [0.2, 0.25) is 0 Å². The quantitative estimate of drug-likeness (QED) is 0.457. The average molecular weight is 587 g/mol. The molecule has 0 aromatic carbocycles. The van der Waals surface area contributed by atoms with Crippen LogP contribution in [0, 0.1) is 12.8 Å². The van der Waals surface area contributed by atoms with E-state index in [1.54, 1.807) is 23.7 Å². The molecule has 2 saturated heterocycles. The third-order valence-corrected chi connectivity index (χ3v) is 6.22. The van der Waals surface area contributed by atoms with Gasteiger partial charge in [-0.2, -0.15) is 26.3 Å². The fraction of sp³-hybridized carbons (Fsp3) is 0.500. The SMILES string of the molecule is Cc1nc(CN2CC[C@H]3C[C@@H](C(=O)Nc4cccnc4)O[C@@H]3C2)cs1.O=C(O)C(F)(F)F.O=C(O)C(F)(F)F. The highest BCUT2D eigenvalue weighted by atomic mass is 32.1. The normalized spacial score (nSPS) is 20.9. The number of hydrogen-bond acceptors (Lipinski definition) is 8. The summed E-state index contributed by atoms with van der Waals surface area (Å²) in [6, 6.07) is 3.65. The number of nitrogens with zero attached hydrogens (tertiary/aromatic N) is 3. The van der Waals surface area contributed by atoms with E-state index in [-0.39, 0.29) is 18.1 Å². The van der Waals surface area contributed by atoms with Crippen molar-refractivity contribution in [3.05, 3.63) is 40.6 Å². The van der Waals surface area contributed by atoms with Crippen LogP contribution in [0.4, 0.5) is 32.0 Å². The molecular formula is C22H24F6N4O6S. The molecule has 0 spiro atoms. The van der Waals surface area contributed by atoms with Crippen molar-refractivity contribution in [2.24, 2.45) is 5.92 Å². The number of carbonyl (C=O) groups is 3. The zero-order chi connectivity index (χ0) is 29.4. The van der Waals surface area contributed by atoms with E-state index in [4.69, 9.17) is 24.5 Å². The number of thiazole rings is 1. The molecule has 2 aliphatic heterocycles. The maximum absolute atomic E-state index is 12.4. The first-order valence-corrected chi connectivity index (χ1v) is 12.0. The first-order valence-electron chi connectivity index (χ1n) is 11.2. The lowest BCUT2D eigenvalue weighted by Crippen LogP contribution is -2.42. The Balaban J connectivity index is 0.000000317. The molecule has 216 valence electrons. The molecule has 10 nitrogen and oxygen atoms in total. The molecule has 0 radical (unpaired) electrons. The van der Waals surface area contributed by atoms with Gasteiger partial charge in [0.15, 0.2) is 0 Å². The predicted molar refractivity (Wildman–Crippen MR) is 124 cm³/mol. The summed E-state index contributed by atoms with van der Waals surface area (Å²) >= 11 is 1.69. The van der Waals surface area contributed by atoms with Crippen LogP contribution in [0.15, 0.2) is 29.9 Å². The molecule has 0 saturated carbocycles. The van der Waals surface area contributed by atoms with Crippen LogP contribution in [0.5, 0.6) is 0 Å². The second-order valence-electron chi connectivity index (χ2n) is 8.38. The van der Waals surface area contributed by atoms with Crippen LogP contribution in [-0.4, -0.2) is 80.6 Å². The Morgan fingerprint density at radius 1 is 1.15 bits per heavy atom. The number of halogens is 6. The van der Waals surface area contributed by atoms with Crippen molar-refractivity contribution < 1.29 is 55.7 Å². The van der Waals surface area contributed by atoms with E-state index in [1.807, 2.05) is 19.1 Å². The van der Waals surface area contributed by atoms with Crippen molar-refractivity contribution >= 4 is 34.9 Å². The summed E-state index contributed by atoms with van der Waals surface area (Å²) in [6.07, 6.45) is -5.17. The number of rotatable bonds is 4. The summed E-state index contributed by atoms with van der Waals surface area (Å²) in [6.45, 7) is 4.81. The molecule has 17 heteroatoms. The Labute approximate surface area is 221 Å². The second-order valence-corrected chi connectivity index (χ2v) is 9.44. The molecule has 3 N–H and O–H groups in total. The van der Waals surface area contributed by atoms with Gasteiger partial charge in [0.1, 0.15) is 6.10 Å². The molecule has 1 amide bonds. The van der Waals surface area contributed by atoms with Crippen LogP contribution < -0.4 is 5.32 Å². The van der Waals surface area contributed by atoms with Gasteiger partial charge in [0.25, 0.3) is 5.91 Å². The monoisotopic (exact) mass is 586 g/mol. The van der Waals surface area contributed by atoms with Gasteiger partial charge in [-0.3, -0.25) is 14.7 Å². The minimum absolute atomic E-state index is 0.0657. The highest BCUT2D eigenvalue weighted by molar-refractivity contribution is 7.09. The number of anilines is 1. The van der Waals surface area contributed by atoms with Crippen molar-refractivity contribution in [1.29, 1.82) is 0 Å². The van der Waals surface area contributed by atoms with Crippen molar-refractivity contribution in [3.8, 4) is 0 Å². The lowest BCUT2D eigenvalue weighted by Gasteiger charge is -2.33. The maximum Gasteiger partial charge on any atom is 0.490 e. The molecule has 39 heavy (non-hydrogen) atoms. The van der Waals surface area contributed by atoms with Crippen LogP contribution >= 0.6 is 11.3 Å². The zero-order valence-corrected chi connectivity index (χ0v) is 21.0. The smallest absolute Gasteiger partial charge is 0.475 e. The fourth-order valence-electron chi connectivity index (χ4n) is 3.68. The second kappa shape index (κ2) is 13.7. The third kappa shape index (κ3) is 10.8. The number of pyridine rings is 1. The standard InChI is InChI=1S/C18H22N4O2S.2C2HF3O2/c1-12-20-15(11-25-12)9-22-6-4-13-7-16(24-17(13)10-22)18(23)21-14-3-2-5-19-8-14;2*3-2(4,5)1(6)7/h2-3,5,8,11,13,16-17H,4,6-7,9-10H2,1H3,(H,21,23);2*(H,6,7)/t13-,16-,17+;;/m0../s1. The average Bonchev–Trinajstić information content (AvgIpc) is 3.45. The van der Waals surface area contributed by atoms with Crippen LogP contribution in [0.1, 0.15) is 23.5 Å². The van der Waals surface area contributed by atoms with E-state index in [9.17, 15) is 31.1 Å². The van der Waals surface area contributed by atoms with Crippen LogP contribution in [0.3, 0.4) is 0 Å². The topological polar surface area (TPSA) is 142 Å². The molecule has 2 aromatic heterocycles. The van der Waals surface area contributed by atoms with Gasteiger partial charge >= 0.3 is 24.3 Å². The van der Waals surface area contributed by atoms with E-state index in [2.05, 4.69) is 25.6 Å². The number of carboxylic acids is 2. The van der Waals surface area contributed by atoms with E-state index in [0.717, 1.165) is 43.2 Å². The lowest BCUT2D eigenvalue weighted by molar-refractivity contribution is -0.193. The summed E-state index contributed by atoms with van der Waals surface area (Å²) in [4.78, 5) is 41.2. The Morgan fingerprint density at radius 3 is 2.26 bits per heavy atom. The summed E-state index contributed by atoms with van der Waals surface area (Å²) in [5.41, 5.74) is 1.84. The van der Waals surface area contributed by atoms with Gasteiger partial charge < -0.3 is 20.3 Å². The van der Waals surface area contributed by atoms with Gasteiger partial charge in [0, 0.05) is 24.7 Å². The molecule has 2 fully saturated rings. The molecule has 3 atom stereocenters. The molecule has 2 aliphatic rings. The number of ether oxygens (including phenoxy) is 1. The number of aryl methyl sites for hydroxylation is 1. The van der Waals surface area contributed by atoms with E-state index < -0.39 is 24.3 Å². The molecule has 4 heterocycles. The van der Waals surface area contributed by atoms with Gasteiger partial charge in [-0.05, 0) is 44.4 Å². The first-order chi connectivity index (χ1) is 18.1. The number of likely N-dealkylation sites (tertiary alicyclic amines) is 1. The Bertz CT molecular complexity index is 1090. The number of carboxylic acid groups (broad SMARTS) is 2. The van der Waals surface area contributed by atoms with Crippen LogP contribution in [0.2, 0.25) is 0 Å². The van der Waals surface area contributed by atoms with Crippen LogP contribution in [0.25, 0.3) is 0 Å². The number of piperidine rings is 1. The molecule has 0 aliphatic carbocycles. The van der Waals surface area contributed by atoms with Crippen molar-refractivity contribution in [2.45, 2.75) is 50.9 Å². The number of amides is 1. The van der Waals surface area contributed by atoms with E-state index >= 15 is 0 Å². The van der Waals surface area contributed by atoms with Crippen molar-refractivity contribution in [2.75, 3.05) is 18.4 Å². The highest BCUT2D eigenvalue weighted by Gasteiger charge is 2.42. The van der Waals surface area contributed by atoms with Gasteiger partial charge in [-0.25, -0.2) is 14.6 Å². The molecular weight excluding hydrogens is 562 g/mol. The highest BCUT2D eigenvalue weighted by Crippen LogP contribution is 2.34. The van der Waals surface area contributed by atoms with Gasteiger partial charge in [0.05, 0.1) is 28.7 Å². The molecule has 0 bridgehead atoms. The summed E-state index contributed by atoms with van der Waals surface area (Å²) < 4.78 is 69.6. The minimum atomic E-state index is -5.08. The zero-order valence-electron chi connectivity index (χ0n) is 20.2. The largest absolute Gasteiger partial charge is 0.490 e. The number of aromatic nitrogens is 2. The van der Waals surface area contributed by atoms with Gasteiger partial charge in [-0.1, -0.05) is 0 Å². The van der Waals surface area contributed by atoms with Crippen LogP contribution in [-0.2, 0) is 25.7 Å². The first kappa shape index (κ1) is 31.9. The predicted octanol–water partition coefficient (Wildman–Crippen LogP) is 3.73.